The number of nitrogens with one attached hydrogen (secondary N) is 2. The fourth-order valence-electron chi connectivity index (χ4n) is 3.66. The quantitative estimate of drug-likeness (QED) is 0.505. The molecule has 3 aromatic rings. The standard InChI is InChI=1S/C20H20BrClFN5O2/c1-24-7-20(30)8-28(9-20)19(29)12-6-15-18(25-10-27(15)2)16(23)17(12)26-14-4-3-11(21)5-13(14)22/h3-6,10,24,26,30H,7-9H2,1-2H3. The Hall–Kier alpha value is -2.20. The van der Waals surface area contributed by atoms with Crippen LogP contribution in [0.4, 0.5) is 15.8 Å². The molecule has 158 valence electrons. The number of carbonyl (C=O) groups excluding carboxylic acids is 1. The smallest absolute Gasteiger partial charge is 0.256 e. The maximum Gasteiger partial charge on any atom is 0.256 e. The van der Waals surface area contributed by atoms with Crippen LogP contribution in [0.2, 0.25) is 5.02 Å². The molecule has 0 bridgehead atoms. The number of anilines is 2. The van der Waals surface area contributed by atoms with Crippen LogP contribution in [0.15, 0.2) is 35.1 Å². The molecule has 1 aliphatic rings. The van der Waals surface area contributed by atoms with E-state index in [9.17, 15) is 9.90 Å². The van der Waals surface area contributed by atoms with E-state index in [-0.39, 0.29) is 35.8 Å². The molecule has 0 radical (unpaired) electrons. The van der Waals surface area contributed by atoms with Gasteiger partial charge in [-0.1, -0.05) is 27.5 Å². The Morgan fingerprint density at radius 3 is 2.80 bits per heavy atom. The predicted molar refractivity (Wildman–Crippen MR) is 118 cm³/mol. The predicted octanol–water partition coefficient (Wildman–Crippen LogP) is 3.28. The third-order valence-corrected chi connectivity index (χ3v) is 5.95. The van der Waals surface area contributed by atoms with E-state index in [0.29, 0.717) is 22.8 Å². The maximum atomic E-state index is 15.4. The molecular formula is C20H20BrClFN5O2. The number of rotatable bonds is 5. The lowest BCUT2D eigenvalue weighted by molar-refractivity contribution is -0.0775. The summed E-state index contributed by atoms with van der Waals surface area (Å²) in [6.45, 7) is 0.692. The van der Waals surface area contributed by atoms with Gasteiger partial charge in [0.2, 0.25) is 0 Å². The number of fused-ring (bicyclic) bond motifs is 1. The van der Waals surface area contributed by atoms with Crippen molar-refractivity contribution in [3.05, 3.63) is 51.5 Å². The van der Waals surface area contributed by atoms with Gasteiger partial charge in [-0.05, 0) is 31.3 Å². The Balaban J connectivity index is 1.76. The van der Waals surface area contributed by atoms with Crippen molar-refractivity contribution in [3.63, 3.8) is 0 Å². The van der Waals surface area contributed by atoms with Crippen LogP contribution in [0.25, 0.3) is 11.0 Å². The van der Waals surface area contributed by atoms with E-state index >= 15 is 4.39 Å². The molecule has 7 nitrogen and oxygen atoms in total. The molecule has 1 aliphatic heterocycles. The van der Waals surface area contributed by atoms with Crippen molar-refractivity contribution in [3.8, 4) is 0 Å². The molecule has 10 heteroatoms. The highest BCUT2D eigenvalue weighted by Gasteiger charge is 2.44. The molecule has 1 amide bonds. The van der Waals surface area contributed by atoms with Crippen molar-refractivity contribution in [2.75, 3.05) is 32.0 Å². The summed E-state index contributed by atoms with van der Waals surface area (Å²) in [5.74, 6) is -1.02. The highest BCUT2D eigenvalue weighted by Crippen LogP contribution is 2.35. The summed E-state index contributed by atoms with van der Waals surface area (Å²) in [7, 11) is 3.47. The lowest BCUT2D eigenvalue weighted by Gasteiger charge is -2.46. The van der Waals surface area contributed by atoms with Gasteiger partial charge >= 0.3 is 0 Å². The first-order valence-electron chi connectivity index (χ1n) is 9.24. The SMILES string of the molecule is CNCC1(O)CN(C(=O)c2cc3c(ncn3C)c(F)c2Nc2ccc(Br)cc2Cl)C1. The van der Waals surface area contributed by atoms with Crippen LogP contribution in [-0.2, 0) is 7.05 Å². The molecule has 0 saturated carbocycles. The van der Waals surface area contributed by atoms with E-state index in [1.165, 1.54) is 11.2 Å². The molecule has 2 aromatic carbocycles. The topological polar surface area (TPSA) is 82.4 Å². The highest BCUT2D eigenvalue weighted by atomic mass is 79.9. The zero-order chi connectivity index (χ0) is 21.6. The summed E-state index contributed by atoms with van der Waals surface area (Å²) in [5.41, 5.74) is 0.267. The van der Waals surface area contributed by atoms with Gasteiger partial charge in [0, 0.05) is 18.1 Å². The highest BCUT2D eigenvalue weighted by molar-refractivity contribution is 9.10. The Kier molecular flexibility index (Phi) is 5.48. The zero-order valence-electron chi connectivity index (χ0n) is 16.3. The number of amides is 1. The molecule has 1 saturated heterocycles. The average molecular weight is 497 g/mol. The van der Waals surface area contributed by atoms with Gasteiger partial charge in [-0.3, -0.25) is 4.79 Å². The van der Waals surface area contributed by atoms with Gasteiger partial charge in [-0.2, -0.15) is 0 Å². The third kappa shape index (κ3) is 3.66. The molecule has 0 unspecified atom stereocenters. The second kappa shape index (κ2) is 7.81. The lowest BCUT2D eigenvalue weighted by Crippen LogP contribution is -2.67. The summed E-state index contributed by atoms with van der Waals surface area (Å²) in [6.07, 6.45) is 1.49. The normalized spacial score (nSPS) is 15.3. The van der Waals surface area contributed by atoms with Gasteiger partial charge in [0.05, 0.1) is 46.9 Å². The molecule has 3 N–H and O–H groups in total. The Morgan fingerprint density at radius 1 is 1.40 bits per heavy atom. The average Bonchev–Trinajstić information content (AvgIpc) is 3.04. The summed E-state index contributed by atoms with van der Waals surface area (Å²) < 4.78 is 17.9. The van der Waals surface area contributed by atoms with Crippen LogP contribution in [0.3, 0.4) is 0 Å². The van der Waals surface area contributed by atoms with E-state index < -0.39 is 11.4 Å². The number of likely N-dealkylation sites (tertiary alicyclic amines) is 1. The second-order valence-electron chi connectivity index (χ2n) is 7.50. The number of β-amino-alcohol motifs (C(OH)–C–C–N with tert-alkyl or cyclic N) is 1. The minimum Gasteiger partial charge on any atom is -0.385 e. The van der Waals surface area contributed by atoms with Crippen molar-refractivity contribution in [1.82, 2.24) is 19.8 Å². The number of imidazole rings is 1. The number of hydrogen-bond donors (Lipinski definition) is 3. The molecule has 30 heavy (non-hydrogen) atoms. The fraction of sp³-hybridized carbons (Fsp3) is 0.300. The van der Waals surface area contributed by atoms with Crippen LogP contribution in [-0.4, -0.2) is 57.7 Å². The minimum atomic E-state index is -0.984. The minimum absolute atomic E-state index is 0.000483. The lowest BCUT2D eigenvalue weighted by atomic mass is 9.93. The van der Waals surface area contributed by atoms with Gasteiger partial charge in [-0.15, -0.1) is 0 Å². The van der Waals surface area contributed by atoms with Crippen molar-refractivity contribution < 1.29 is 14.3 Å². The number of likely N-dealkylation sites (N-methyl/N-ethyl adjacent to an activating group) is 1. The molecule has 1 fully saturated rings. The summed E-state index contributed by atoms with van der Waals surface area (Å²) >= 11 is 9.63. The summed E-state index contributed by atoms with van der Waals surface area (Å²) in [5, 5.41) is 16.6. The van der Waals surface area contributed by atoms with Crippen molar-refractivity contribution in [2.45, 2.75) is 5.60 Å². The van der Waals surface area contributed by atoms with Crippen LogP contribution in [0, 0.1) is 5.82 Å². The van der Waals surface area contributed by atoms with E-state index in [1.807, 2.05) is 0 Å². The molecule has 2 heterocycles. The van der Waals surface area contributed by atoms with Crippen molar-refractivity contribution >= 4 is 55.8 Å². The number of aryl methyl sites for hydroxylation is 1. The molecule has 4 rings (SSSR count). The van der Waals surface area contributed by atoms with Crippen LogP contribution in [0.5, 0.6) is 0 Å². The van der Waals surface area contributed by atoms with E-state index in [1.54, 1.807) is 42.9 Å². The second-order valence-corrected chi connectivity index (χ2v) is 8.82. The number of benzene rings is 2. The van der Waals surface area contributed by atoms with Crippen molar-refractivity contribution in [1.29, 1.82) is 0 Å². The molecule has 0 aliphatic carbocycles. The van der Waals surface area contributed by atoms with Gasteiger partial charge < -0.3 is 25.2 Å². The molecular weight excluding hydrogens is 477 g/mol. The first kappa shape index (κ1) is 21.0. The maximum absolute atomic E-state index is 15.4. The summed E-state index contributed by atoms with van der Waals surface area (Å²) in [6, 6.07) is 6.74. The number of nitrogens with zero attached hydrogens (tertiary/aromatic N) is 3. The van der Waals surface area contributed by atoms with Crippen LogP contribution >= 0.6 is 27.5 Å². The number of hydrogen-bond acceptors (Lipinski definition) is 5. The van der Waals surface area contributed by atoms with Crippen LogP contribution in [0.1, 0.15) is 10.4 Å². The Labute approximate surface area is 186 Å². The van der Waals surface area contributed by atoms with Gasteiger partial charge in [0.15, 0.2) is 5.82 Å². The van der Waals surface area contributed by atoms with Gasteiger partial charge in [0.25, 0.3) is 5.91 Å². The Bertz CT molecular complexity index is 1150. The monoisotopic (exact) mass is 495 g/mol. The first-order valence-corrected chi connectivity index (χ1v) is 10.4. The Morgan fingerprint density at radius 2 is 2.13 bits per heavy atom. The van der Waals surface area contributed by atoms with Gasteiger partial charge in [-0.25, -0.2) is 9.37 Å². The van der Waals surface area contributed by atoms with E-state index in [2.05, 4.69) is 31.5 Å². The number of aliphatic hydroxyl groups is 1. The molecule has 1 aromatic heterocycles. The van der Waals surface area contributed by atoms with Crippen LogP contribution < -0.4 is 10.6 Å². The van der Waals surface area contributed by atoms with Crippen molar-refractivity contribution in [2.24, 2.45) is 7.05 Å². The van der Waals surface area contributed by atoms with E-state index in [0.717, 1.165) is 4.47 Å². The number of carbonyl (C=O) groups is 1. The summed E-state index contributed by atoms with van der Waals surface area (Å²) in [4.78, 5) is 18.8. The van der Waals surface area contributed by atoms with E-state index in [4.69, 9.17) is 11.6 Å². The third-order valence-electron chi connectivity index (χ3n) is 5.15. The molecule has 0 spiro atoms. The zero-order valence-corrected chi connectivity index (χ0v) is 18.7. The molecule has 0 atom stereocenters. The largest absolute Gasteiger partial charge is 0.385 e. The number of aromatic nitrogens is 2. The number of halogens is 3. The first-order chi connectivity index (χ1) is 14.2. The fourth-order valence-corrected chi connectivity index (χ4v) is 4.38. The van der Waals surface area contributed by atoms with Gasteiger partial charge in [0.1, 0.15) is 11.1 Å².